The quantitative estimate of drug-likeness (QED) is 0.829. The summed E-state index contributed by atoms with van der Waals surface area (Å²) >= 11 is 6.04. The molecular formula is C16H18ClN3O2. The number of halogens is 1. The number of nitrogens with one attached hydrogen (secondary N) is 1. The fourth-order valence-corrected chi connectivity index (χ4v) is 2.55. The van der Waals surface area contributed by atoms with E-state index in [1.165, 1.54) is 0 Å². The zero-order valence-electron chi connectivity index (χ0n) is 12.2. The number of benzene rings is 1. The highest BCUT2D eigenvalue weighted by Gasteiger charge is 2.19. The normalized spacial score (nSPS) is 17.4. The van der Waals surface area contributed by atoms with Crippen LogP contribution in [0.2, 0.25) is 5.02 Å². The first kappa shape index (κ1) is 15.1. The summed E-state index contributed by atoms with van der Waals surface area (Å²) in [6.07, 6.45) is 2.61. The van der Waals surface area contributed by atoms with Gasteiger partial charge in [0, 0.05) is 18.6 Å². The minimum absolute atomic E-state index is 0.378. The van der Waals surface area contributed by atoms with Gasteiger partial charge in [-0.05, 0) is 18.6 Å². The summed E-state index contributed by atoms with van der Waals surface area (Å²) in [5.74, 6) is 1.88. The third kappa shape index (κ3) is 3.87. The minimum Gasteiger partial charge on any atom is -0.490 e. The number of rotatable bonds is 6. The molecule has 1 fully saturated rings. The lowest BCUT2D eigenvalue weighted by molar-refractivity contribution is 0.193. The molecule has 1 atom stereocenters. The van der Waals surface area contributed by atoms with Crippen molar-refractivity contribution in [3.63, 3.8) is 0 Å². The molecule has 5 nitrogen and oxygen atoms in total. The number of para-hydroxylation sites is 1. The van der Waals surface area contributed by atoms with Crippen molar-refractivity contribution in [3.05, 3.63) is 47.4 Å². The van der Waals surface area contributed by atoms with Crippen LogP contribution in [0.3, 0.4) is 0 Å². The molecule has 0 radical (unpaired) electrons. The van der Waals surface area contributed by atoms with Crippen molar-refractivity contribution in [1.82, 2.24) is 9.97 Å². The molecular weight excluding hydrogens is 302 g/mol. The van der Waals surface area contributed by atoms with Crippen molar-refractivity contribution in [1.29, 1.82) is 0 Å². The monoisotopic (exact) mass is 319 g/mol. The van der Waals surface area contributed by atoms with E-state index in [-0.39, 0.29) is 0 Å². The highest BCUT2D eigenvalue weighted by Crippen LogP contribution is 2.24. The molecule has 1 aliphatic heterocycles. The smallest absolute Gasteiger partial charge is 0.137 e. The van der Waals surface area contributed by atoms with Crippen LogP contribution in [0.1, 0.15) is 18.0 Å². The Balaban J connectivity index is 1.49. The van der Waals surface area contributed by atoms with E-state index in [0.717, 1.165) is 31.1 Å². The molecule has 1 aromatic carbocycles. The van der Waals surface area contributed by atoms with Crippen molar-refractivity contribution in [3.8, 4) is 5.75 Å². The third-order valence-electron chi connectivity index (χ3n) is 3.54. The molecule has 0 saturated carbocycles. The summed E-state index contributed by atoms with van der Waals surface area (Å²) in [5, 5.41) is 3.86. The summed E-state index contributed by atoms with van der Waals surface area (Å²) in [7, 11) is 0. The first-order valence-corrected chi connectivity index (χ1v) is 7.71. The van der Waals surface area contributed by atoms with Crippen LogP contribution in [0.15, 0.2) is 36.7 Å². The van der Waals surface area contributed by atoms with Crippen molar-refractivity contribution in [2.45, 2.75) is 12.3 Å². The van der Waals surface area contributed by atoms with Crippen LogP contribution in [-0.2, 0) is 4.74 Å². The fourth-order valence-electron chi connectivity index (χ4n) is 2.36. The van der Waals surface area contributed by atoms with E-state index >= 15 is 0 Å². The molecule has 2 heterocycles. The maximum Gasteiger partial charge on any atom is 0.137 e. The topological polar surface area (TPSA) is 56.3 Å². The second-order valence-corrected chi connectivity index (χ2v) is 5.50. The van der Waals surface area contributed by atoms with E-state index in [0.29, 0.717) is 29.8 Å². The number of nitrogens with zero attached hydrogens (tertiary/aromatic N) is 2. The van der Waals surface area contributed by atoms with E-state index in [4.69, 9.17) is 21.1 Å². The third-order valence-corrected chi connectivity index (χ3v) is 3.85. The van der Waals surface area contributed by atoms with E-state index < -0.39 is 0 Å². The molecule has 1 aliphatic rings. The van der Waals surface area contributed by atoms with Crippen LogP contribution < -0.4 is 10.1 Å². The van der Waals surface area contributed by atoms with Gasteiger partial charge in [0.25, 0.3) is 0 Å². The molecule has 0 unspecified atom stereocenters. The van der Waals surface area contributed by atoms with Crippen LogP contribution in [0.25, 0.3) is 0 Å². The van der Waals surface area contributed by atoms with Gasteiger partial charge in [-0.2, -0.15) is 0 Å². The van der Waals surface area contributed by atoms with Crippen molar-refractivity contribution in [2.24, 2.45) is 0 Å². The van der Waals surface area contributed by atoms with Crippen LogP contribution in [0, 0.1) is 0 Å². The van der Waals surface area contributed by atoms with Crippen LogP contribution in [0.4, 0.5) is 5.82 Å². The van der Waals surface area contributed by atoms with Crippen LogP contribution >= 0.6 is 11.6 Å². The van der Waals surface area contributed by atoms with E-state index in [9.17, 15) is 0 Å². The number of hydrogen-bond acceptors (Lipinski definition) is 5. The second kappa shape index (κ2) is 7.42. The van der Waals surface area contributed by atoms with Crippen molar-refractivity contribution >= 4 is 17.4 Å². The molecule has 116 valence electrons. The maximum absolute atomic E-state index is 6.04. The summed E-state index contributed by atoms with van der Waals surface area (Å²) in [6.45, 7) is 2.70. The summed E-state index contributed by atoms with van der Waals surface area (Å²) in [6, 6.07) is 9.42. The fraction of sp³-hybridized carbons (Fsp3) is 0.375. The largest absolute Gasteiger partial charge is 0.490 e. The van der Waals surface area contributed by atoms with Gasteiger partial charge in [0.2, 0.25) is 0 Å². The van der Waals surface area contributed by atoms with E-state index in [1.807, 2.05) is 30.3 Å². The van der Waals surface area contributed by atoms with Crippen molar-refractivity contribution < 1.29 is 9.47 Å². The van der Waals surface area contributed by atoms with Gasteiger partial charge in [-0.15, -0.1) is 0 Å². The van der Waals surface area contributed by atoms with E-state index in [1.54, 1.807) is 6.33 Å². The highest BCUT2D eigenvalue weighted by molar-refractivity contribution is 6.32. The molecule has 1 aromatic heterocycles. The predicted octanol–water partition coefficient (Wildman–Crippen LogP) is 3.12. The Labute approximate surface area is 134 Å². The predicted molar refractivity (Wildman–Crippen MR) is 85.6 cm³/mol. The van der Waals surface area contributed by atoms with Gasteiger partial charge in [-0.3, -0.25) is 0 Å². The zero-order chi connectivity index (χ0) is 15.2. The summed E-state index contributed by atoms with van der Waals surface area (Å²) in [5.41, 5.74) is 1.03. The van der Waals surface area contributed by atoms with Crippen LogP contribution in [-0.4, -0.2) is 36.3 Å². The molecule has 22 heavy (non-hydrogen) atoms. The van der Waals surface area contributed by atoms with Gasteiger partial charge in [0.15, 0.2) is 0 Å². The molecule has 6 heteroatoms. The lowest BCUT2D eigenvalue weighted by Gasteiger charge is -2.11. The number of hydrogen-bond donors (Lipinski definition) is 1. The molecule has 1 N–H and O–H groups in total. The average molecular weight is 320 g/mol. The first-order chi connectivity index (χ1) is 10.8. The standard InChI is InChI=1S/C16H18ClN3O2/c17-13-3-1-2-4-15(13)22-8-6-18-16-9-14(19-11-20-16)12-5-7-21-10-12/h1-4,9,11-12H,5-8,10H2,(H,18,19,20)/t12-/m0/s1. The summed E-state index contributed by atoms with van der Waals surface area (Å²) in [4.78, 5) is 8.56. The van der Waals surface area contributed by atoms with E-state index in [2.05, 4.69) is 15.3 Å². The van der Waals surface area contributed by atoms with Crippen molar-refractivity contribution in [2.75, 3.05) is 31.7 Å². The van der Waals surface area contributed by atoms with Gasteiger partial charge < -0.3 is 14.8 Å². The first-order valence-electron chi connectivity index (χ1n) is 7.34. The van der Waals surface area contributed by atoms with Gasteiger partial charge in [-0.1, -0.05) is 23.7 Å². The molecule has 2 aromatic rings. The molecule has 0 amide bonds. The lowest BCUT2D eigenvalue weighted by Crippen LogP contribution is -2.13. The summed E-state index contributed by atoms with van der Waals surface area (Å²) < 4.78 is 11.0. The number of aromatic nitrogens is 2. The Bertz CT molecular complexity index is 618. The maximum atomic E-state index is 6.04. The molecule has 0 bridgehead atoms. The zero-order valence-corrected chi connectivity index (χ0v) is 12.9. The average Bonchev–Trinajstić information content (AvgIpc) is 3.08. The van der Waals surface area contributed by atoms with Crippen LogP contribution in [0.5, 0.6) is 5.75 Å². The Morgan fingerprint density at radius 3 is 3.05 bits per heavy atom. The van der Waals surface area contributed by atoms with Gasteiger partial charge in [-0.25, -0.2) is 9.97 Å². The van der Waals surface area contributed by atoms with Gasteiger partial charge in [0.1, 0.15) is 24.5 Å². The Hall–Kier alpha value is -1.85. The highest BCUT2D eigenvalue weighted by atomic mass is 35.5. The Morgan fingerprint density at radius 1 is 1.32 bits per heavy atom. The lowest BCUT2D eigenvalue weighted by atomic mass is 10.1. The van der Waals surface area contributed by atoms with Gasteiger partial charge in [0.05, 0.1) is 23.9 Å². The SMILES string of the molecule is Clc1ccccc1OCCNc1cc([C@H]2CCOC2)ncn1. The Morgan fingerprint density at radius 2 is 2.23 bits per heavy atom. The number of ether oxygens (including phenoxy) is 2. The Kier molecular flexibility index (Phi) is 5.08. The minimum atomic E-state index is 0.378. The number of anilines is 1. The van der Waals surface area contributed by atoms with Gasteiger partial charge >= 0.3 is 0 Å². The second-order valence-electron chi connectivity index (χ2n) is 5.09. The molecule has 1 saturated heterocycles. The molecule has 0 spiro atoms. The molecule has 0 aliphatic carbocycles. The molecule has 3 rings (SSSR count).